The first-order valence-corrected chi connectivity index (χ1v) is 6.47. The van der Waals surface area contributed by atoms with Crippen LogP contribution in [-0.4, -0.2) is 42.5 Å². The zero-order valence-corrected chi connectivity index (χ0v) is 10.9. The Hall–Kier alpha value is -1.63. The van der Waals surface area contributed by atoms with E-state index in [2.05, 4.69) is 10.6 Å². The Morgan fingerprint density at radius 1 is 1.05 bits per heavy atom. The Morgan fingerprint density at radius 2 is 1.68 bits per heavy atom. The summed E-state index contributed by atoms with van der Waals surface area (Å²) >= 11 is 0. The fourth-order valence-corrected chi connectivity index (χ4v) is 2.34. The van der Waals surface area contributed by atoms with Crippen LogP contribution in [0.1, 0.15) is 32.1 Å². The van der Waals surface area contributed by atoms with Gasteiger partial charge < -0.3 is 21.5 Å². The number of carbonyl (C=O) groups excluding carboxylic acids is 2. The van der Waals surface area contributed by atoms with Gasteiger partial charge >= 0.3 is 5.97 Å². The van der Waals surface area contributed by atoms with E-state index in [0.29, 0.717) is 0 Å². The van der Waals surface area contributed by atoms with E-state index in [1.807, 2.05) is 0 Å². The standard InChI is InChI=1S/C12H21N3O4/c13-8-12(4-2-1-3-5-12)11(19)15-6-9(16)14-7-10(17)18/h1-8,13H2,(H,14,16)(H,15,19)(H,17,18). The minimum absolute atomic E-state index is 0.208. The van der Waals surface area contributed by atoms with Crippen LogP contribution in [0, 0.1) is 5.41 Å². The summed E-state index contributed by atoms with van der Waals surface area (Å²) in [5, 5.41) is 13.1. The summed E-state index contributed by atoms with van der Waals surface area (Å²) in [5.74, 6) is -1.84. The third-order valence-corrected chi connectivity index (χ3v) is 3.53. The highest BCUT2D eigenvalue weighted by molar-refractivity contribution is 5.89. The Labute approximate surface area is 111 Å². The van der Waals surface area contributed by atoms with Gasteiger partial charge in [0.2, 0.25) is 11.8 Å². The van der Waals surface area contributed by atoms with E-state index in [9.17, 15) is 14.4 Å². The van der Waals surface area contributed by atoms with Crippen molar-refractivity contribution < 1.29 is 19.5 Å². The van der Waals surface area contributed by atoms with Crippen molar-refractivity contribution in [3.63, 3.8) is 0 Å². The summed E-state index contributed by atoms with van der Waals surface area (Å²) in [6.45, 7) is -0.389. The van der Waals surface area contributed by atoms with E-state index >= 15 is 0 Å². The largest absolute Gasteiger partial charge is 0.480 e. The SMILES string of the molecule is NCC1(C(=O)NCC(=O)NCC(=O)O)CCCCC1. The number of hydrogen-bond donors (Lipinski definition) is 4. The van der Waals surface area contributed by atoms with Crippen LogP contribution >= 0.6 is 0 Å². The van der Waals surface area contributed by atoms with Gasteiger partial charge in [0, 0.05) is 6.54 Å². The molecule has 0 saturated heterocycles. The molecule has 1 aliphatic carbocycles. The van der Waals surface area contributed by atoms with Crippen LogP contribution in [0.5, 0.6) is 0 Å². The topological polar surface area (TPSA) is 122 Å². The van der Waals surface area contributed by atoms with Gasteiger partial charge in [-0.2, -0.15) is 0 Å². The van der Waals surface area contributed by atoms with Crippen LogP contribution in [0.2, 0.25) is 0 Å². The highest BCUT2D eigenvalue weighted by Crippen LogP contribution is 2.35. The molecule has 5 N–H and O–H groups in total. The van der Waals surface area contributed by atoms with Crippen molar-refractivity contribution >= 4 is 17.8 Å². The average molecular weight is 271 g/mol. The van der Waals surface area contributed by atoms with Gasteiger partial charge in [0.15, 0.2) is 0 Å². The molecule has 1 fully saturated rings. The number of nitrogens with one attached hydrogen (secondary N) is 2. The lowest BCUT2D eigenvalue weighted by molar-refractivity contribution is -0.138. The first-order valence-electron chi connectivity index (χ1n) is 6.47. The maximum absolute atomic E-state index is 12.1. The maximum atomic E-state index is 12.1. The van der Waals surface area contributed by atoms with Gasteiger partial charge in [0.1, 0.15) is 6.54 Å². The fourth-order valence-electron chi connectivity index (χ4n) is 2.34. The van der Waals surface area contributed by atoms with Crippen molar-refractivity contribution in [3.05, 3.63) is 0 Å². The van der Waals surface area contributed by atoms with Gasteiger partial charge in [-0.15, -0.1) is 0 Å². The van der Waals surface area contributed by atoms with Crippen LogP contribution in [0.3, 0.4) is 0 Å². The molecule has 0 aliphatic heterocycles. The van der Waals surface area contributed by atoms with Gasteiger partial charge in [-0.1, -0.05) is 19.3 Å². The van der Waals surface area contributed by atoms with Gasteiger partial charge in [0.25, 0.3) is 0 Å². The first kappa shape index (κ1) is 15.4. The molecule has 0 aromatic carbocycles. The number of aliphatic carboxylic acids is 1. The van der Waals surface area contributed by atoms with E-state index in [1.54, 1.807) is 0 Å². The number of amides is 2. The minimum Gasteiger partial charge on any atom is -0.480 e. The molecule has 0 heterocycles. The summed E-state index contributed by atoms with van der Waals surface area (Å²) < 4.78 is 0. The van der Waals surface area contributed by atoms with Gasteiger partial charge in [-0.3, -0.25) is 14.4 Å². The molecule has 2 amide bonds. The van der Waals surface area contributed by atoms with Crippen molar-refractivity contribution in [3.8, 4) is 0 Å². The Bertz CT molecular complexity index is 351. The van der Waals surface area contributed by atoms with Crippen LogP contribution in [-0.2, 0) is 14.4 Å². The highest BCUT2D eigenvalue weighted by Gasteiger charge is 2.38. The number of rotatable bonds is 6. The first-order chi connectivity index (χ1) is 9.00. The lowest BCUT2D eigenvalue weighted by atomic mass is 9.73. The predicted octanol–water partition coefficient (Wildman–Crippen LogP) is -0.787. The van der Waals surface area contributed by atoms with Crippen molar-refractivity contribution in [1.29, 1.82) is 0 Å². The van der Waals surface area contributed by atoms with Crippen LogP contribution in [0.4, 0.5) is 0 Å². The zero-order chi connectivity index (χ0) is 14.3. The smallest absolute Gasteiger partial charge is 0.322 e. The molecule has 0 aromatic rings. The second-order valence-electron chi connectivity index (χ2n) is 4.90. The lowest BCUT2D eigenvalue weighted by Gasteiger charge is -2.34. The molecule has 0 radical (unpaired) electrons. The van der Waals surface area contributed by atoms with Crippen molar-refractivity contribution in [2.24, 2.45) is 11.1 Å². The van der Waals surface area contributed by atoms with E-state index in [4.69, 9.17) is 10.8 Å². The Morgan fingerprint density at radius 3 is 2.21 bits per heavy atom. The lowest BCUT2D eigenvalue weighted by Crippen LogP contribution is -2.49. The van der Waals surface area contributed by atoms with Crippen molar-refractivity contribution in [2.75, 3.05) is 19.6 Å². The summed E-state index contributed by atoms with van der Waals surface area (Å²) in [4.78, 5) is 33.7. The zero-order valence-electron chi connectivity index (χ0n) is 10.9. The fraction of sp³-hybridized carbons (Fsp3) is 0.750. The molecule has 0 spiro atoms. The molecule has 1 rings (SSSR count). The third-order valence-electron chi connectivity index (χ3n) is 3.53. The third kappa shape index (κ3) is 4.51. The van der Waals surface area contributed by atoms with E-state index in [-0.39, 0.29) is 19.0 Å². The van der Waals surface area contributed by atoms with Crippen LogP contribution < -0.4 is 16.4 Å². The molecule has 7 nitrogen and oxygen atoms in total. The van der Waals surface area contributed by atoms with Crippen molar-refractivity contribution in [1.82, 2.24) is 10.6 Å². The number of nitrogens with two attached hydrogens (primary N) is 1. The molecule has 0 bridgehead atoms. The van der Waals surface area contributed by atoms with E-state index in [0.717, 1.165) is 32.1 Å². The van der Waals surface area contributed by atoms with Gasteiger partial charge in [0.05, 0.1) is 12.0 Å². The molecule has 0 atom stereocenters. The van der Waals surface area contributed by atoms with Crippen molar-refractivity contribution in [2.45, 2.75) is 32.1 Å². The number of carboxylic acid groups (broad SMARTS) is 1. The van der Waals surface area contributed by atoms with Crippen LogP contribution in [0.15, 0.2) is 0 Å². The average Bonchev–Trinajstić information content (AvgIpc) is 2.43. The summed E-state index contributed by atoms with van der Waals surface area (Å²) in [7, 11) is 0. The normalized spacial score (nSPS) is 17.5. The highest BCUT2D eigenvalue weighted by atomic mass is 16.4. The monoisotopic (exact) mass is 271 g/mol. The molecule has 0 aromatic heterocycles. The number of carbonyl (C=O) groups is 3. The molecule has 19 heavy (non-hydrogen) atoms. The summed E-state index contributed by atoms with van der Waals surface area (Å²) in [5.41, 5.74) is 5.14. The maximum Gasteiger partial charge on any atom is 0.322 e. The molecule has 1 aliphatic rings. The molecule has 1 saturated carbocycles. The van der Waals surface area contributed by atoms with Gasteiger partial charge in [-0.25, -0.2) is 0 Å². The van der Waals surface area contributed by atoms with E-state index in [1.165, 1.54) is 0 Å². The quantitative estimate of drug-likeness (QED) is 0.504. The Kier molecular flexibility index (Phi) is 5.75. The predicted molar refractivity (Wildman–Crippen MR) is 68.2 cm³/mol. The van der Waals surface area contributed by atoms with Gasteiger partial charge in [-0.05, 0) is 12.8 Å². The molecular weight excluding hydrogens is 250 g/mol. The minimum atomic E-state index is -1.12. The second-order valence-corrected chi connectivity index (χ2v) is 4.90. The molecule has 108 valence electrons. The summed E-state index contributed by atoms with van der Waals surface area (Å²) in [6, 6.07) is 0. The van der Waals surface area contributed by atoms with E-state index < -0.39 is 23.8 Å². The number of carboxylic acids is 1. The molecule has 0 unspecified atom stereocenters. The number of hydrogen-bond acceptors (Lipinski definition) is 4. The second kappa shape index (κ2) is 7.08. The summed E-state index contributed by atoms with van der Waals surface area (Å²) in [6.07, 6.45) is 4.53. The van der Waals surface area contributed by atoms with Crippen LogP contribution in [0.25, 0.3) is 0 Å². The molecule has 7 heteroatoms. The Balaban J connectivity index is 2.40. The molecular formula is C12H21N3O4.